The summed E-state index contributed by atoms with van der Waals surface area (Å²) >= 11 is 0. The predicted octanol–water partition coefficient (Wildman–Crippen LogP) is 13.1. The van der Waals surface area contributed by atoms with Gasteiger partial charge in [0.05, 0.1) is 27.5 Å². The van der Waals surface area contributed by atoms with E-state index >= 15 is 0 Å². The fraction of sp³-hybridized carbons (Fsp3) is 0. The fourth-order valence-electron chi connectivity index (χ4n) is 8.19. The van der Waals surface area contributed by atoms with E-state index in [9.17, 15) is 0 Å². The van der Waals surface area contributed by atoms with Crippen LogP contribution in [0.15, 0.2) is 186 Å². The van der Waals surface area contributed by atoms with Gasteiger partial charge in [-0.3, -0.25) is 0 Å². The molecule has 0 N–H and O–H groups in total. The molecule has 0 saturated carbocycles. The highest BCUT2D eigenvalue weighted by atomic mass is 16.3. The Labute approximate surface area is 293 Å². The smallest absolute Gasteiger partial charge is 0.145 e. The van der Waals surface area contributed by atoms with Gasteiger partial charge in [-0.1, -0.05) is 115 Å². The van der Waals surface area contributed by atoms with E-state index in [1.807, 2.05) is 6.07 Å². The Morgan fingerprint density at radius 2 is 0.922 bits per heavy atom. The van der Waals surface area contributed by atoms with E-state index in [2.05, 4.69) is 185 Å². The van der Waals surface area contributed by atoms with E-state index in [1.54, 1.807) is 0 Å². The highest BCUT2D eigenvalue weighted by molar-refractivity contribution is 6.26. The third-order valence-corrected chi connectivity index (χ3v) is 10.5. The average Bonchev–Trinajstić information content (AvgIpc) is 3.85. The quantitative estimate of drug-likeness (QED) is 0.186. The van der Waals surface area contributed by atoms with Crippen molar-refractivity contribution in [1.29, 1.82) is 0 Å². The van der Waals surface area contributed by atoms with Crippen LogP contribution < -0.4 is 0 Å². The minimum Gasteiger partial charge on any atom is -0.455 e. The van der Waals surface area contributed by atoms with Crippen LogP contribution in [0.4, 0.5) is 0 Å². The maximum atomic E-state index is 6.66. The summed E-state index contributed by atoms with van der Waals surface area (Å²) in [6.07, 6.45) is 0. The van der Waals surface area contributed by atoms with Crippen molar-refractivity contribution in [1.82, 2.24) is 9.13 Å². The maximum absolute atomic E-state index is 6.66. The number of fused-ring (bicyclic) bond motifs is 10. The van der Waals surface area contributed by atoms with E-state index in [0.29, 0.717) is 0 Å². The number of furan rings is 1. The van der Waals surface area contributed by atoms with Gasteiger partial charge in [0.15, 0.2) is 0 Å². The van der Waals surface area contributed by atoms with Crippen molar-refractivity contribution in [2.45, 2.75) is 0 Å². The normalized spacial score (nSPS) is 11.9. The zero-order chi connectivity index (χ0) is 33.5. The largest absolute Gasteiger partial charge is 0.455 e. The summed E-state index contributed by atoms with van der Waals surface area (Å²) in [5, 5.41) is 7.06. The molecule has 0 unspecified atom stereocenters. The molecule has 0 aliphatic carbocycles. The molecule has 11 rings (SSSR count). The number of rotatable bonds is 4. The molecule has 0 aliphatic heterocycles. The van der Waals surface area contributed by atoms with Crippen LogP contribution in [0, 0.1) is 0 Å². The van der Waals surface area contributed by atoms with E-state index < -0.39 is 0 Å². The van der Waals surface area contributed by atoms with Crippen LogP contribution >= 0.6 is 0 Å². The first-order valence-electron chi connectivity index (χ1n) is 17.4. The van der Waals surface area contributed by atoms with Crippen molar-refractivity contribution in [2.24, 2.45) is 0 Å². The van der Waals surface area contributed by atoms with Gasteiger partial charge in [-0.15, -0.1) is 0 Å². The minimum atomic E-state index is 0.911. The Kier molecular flexibility index (Phi) is 5.96. The topological polar surface area (TPSA) is 23.0 Å². The van der Waals surface area contributed by atoms with Crippen LogP contribution in [0.5, 0.6) is 0 Å². The maximum Gasteiger partial charge on any atom is 0.145 e. The molecule has 3 aromatic heterocycles. The van der Waals surface area contributed by atoms with Crippen molar-refractivity contribution < 1.29 is 4.42 Å². The Hall–Kier alpha value is -6.84. The molecule has 3 heterocycles. The highest BCUT2D eigenvalue weighted by Crippen LogP contribution is 2.44. The van der Waals surface area contributed by atoms with Crippen molar-refractivity contribution in [3.63, 3.8) is 0 Å². The van der Waals surface area contributed by atoms with E-state index in [1.165, 1.54) is 49.4 Å². The molecule has 0 amide bonds. The molecule has 0 saturated heterocycles. The van der Waals surface area contributed by atoms with Gasteiger partial charge >= 0.3 is 0 Å². The summed E-state index contributed by atoms with van der Waals surface area (Å²) in [5.41, 5.74) is 13.6. The van der Waals surface area contributed by atoms with E-state index in [4.69, 9.17) is 4.42 Å². The summed E-state index contributed by atoms with van der Waals surface area (Å²) in [5.74, 6) is 0. The Morgan fingerprint density at radius 1 is 0.314 bits per heavy atom. The Balaban J connectivity index is 1.16. The summed E-state index contributed by atoms with van der Waals surface area (Å²) in [4.78, 5) is 0. The monoisotopic (exact) mass is 650 g/mol. The van der Waals surface area contributed by atoms with Gasteiger partial charge in [-0.25, -0.2) is 0 Å². The zero-order valence-electron chi connectivity index (χ0n) is 27.6. The molecule has 11 aromatic rings. The zero-order valence-corrected chi connectivity index (χ0v) is 27.6. The second kappa shape index (κ2) is 10.8. The molecule has 0 atom stereocenters. The van der Waals surface area contributed by atoms with Crippen LogP contribution in [0.1, 0.15) is 0 Å². The number of benzene rings is 8. The van der Waals surface area contributed by atoms with Gasteiger partial charge in [0.1, 0.15) is 11.2 Å². The fourth-order valence-corrected chi connectivity index (χ4v) is 8.19. The third kappa shape index (κ3) is 4.19. The van der Waals surface area contributed by atoms with Crippen molar-refractivity contribution in [3.05, 3.63) is 182 Å². The van der Waals surface area contributed by atoms with Gasteiger partial charge in [0.2, 0.25) is 0 Å². The molecule has 8 aromatic carbocycles. The lowest BCUT2D eigenvalue weighted by molar-refractivity contribution is 0.673. The standard InChI is InChI=1S/C48H30N2O/c1-3-12-31(13-4-1)33-14-11-15-34(28-33)32-22-24-36(25-23-32)49-42-20-9-7-18-37(42)40-29-41-45(30-44(40)49)50(35-16-5-2-6-17-35)43-27-26-39-38-19-8-10-21-46(38)51-48(39)47(41)43/h1-30H. The third-order valence-electron chi connectivity index (χ3n) is 10.5. The molecule has 3 heteroatoms. The molecular weight excluding hydrogens is 621 g/mol. The number of nitrogens with zero attached hydrogens (tertiary/aromatic N) is 2. The summed E-state index contributed by atoms with van der Waals surface area (Å²) < 4.78 is 11.5. The number of para-hydroxylation sites is 3. The lowest BCUT2D eigenvalue weighted by atomic mass is 9.99. The van der Waals surface area contributed by atoms with Gasteiger partial charge in [0.25, 0.3) is 0 Å². The first kappa shape index (κ1) is 28.0. The minimum absolute atomic E-state index is 0.911. The highest BCUT2D eigenvalue weighted by Gasteiger charge is 2.22. The molecule has 0 bridgehead atoms. The van der Waals surface area contributed by atoms with Crippen LogP contribution in [0.25, 0.3) is 99.2 Å². The van der Waals surface area contributed by atoms with Crippen molar-refractivity contribution >= 4 is 65.6 Å². The lowest BCUT2D eigenvalue weighted by Gasteiger charge is -2.11. The van der Waals surface area contributed by atoms with Crippen molar-refractivity contribution in [2.75, 3.05) is 0 Å². The molecule has 0 radical (unpaired) electrons. The first-order chi connectivity index (χ1) is 25.3. The average molecular weight is 651 g/mol. The number of hydrogen-bond acceptors (Lipinski definition) is 1. The summed E-state index contributed by atoms with van der Waals surface area (Å²) in [7, 11) is 0. The van der Waals surface area contributed by atoms with Crippen LogP contribution in [0.3, 0.4) is 0 Å². The summed E-state index contributed by atoms with van der Waals surface area (Å²) in [6.45, 7) is 0. The SMILES string of the molecule is c1ccc(-c2cccc(-c3ccc(-n4c5ccccc5c5cc6c7c8oc9ccccc9c8ccc7n(-c7ccccc7)c6cc54)cc3)c2)cc1. The van der Waals surface area contributed by atoms with Gasteiger partial charge in [-0.2, -0.15) is 0 Å². The van der Waals surface area contributed by atoms with Crippen LogP contribution in [-0.2, 0) is 0 Å². The van der Waals surface area contributed by atoms with Gasteiger partial charge < -0.3 is 13.6 Å². The van der Waals surface area contributed by atoms with Gasteiger partial charge in [-0.05, 0) is 89.0 Å². The lowest BCUT2D eigenvalue weighted by Crippen LogP contribution is -1.96. The van der Waals surface area contributed by atoms with E-state index in [-0.39, 0.29) is 0 Å². The van der Waals surface area contributed by atoms with E-state index in [0.717, 1.165) is 49.7 Å². The second-order valence-corrected chi connectivity index (χ2v) is 13.3. The first-order valence-corrected chi connectivity index (χ1v) is 17.4. The number of hydrogen-bond donors (Lipinski definition) is 0. The Bertz CT molecular complexity index is 3110. The van der Waals surface area contributed by atoms with Gasteiger partial charge in [0, 0.05) is 38.3 Å². The van der Waals surface area contributed by atoms with Crippen molar-refractivity contribution in [3.8, 4) is 33.6 Å². The summed E-state index contributed by atoms with van der Waals surface area (Å²) in [6, 6.07) is 65.4. The molecule has 0 spiro atoms. The molecule has 0 fully saturated rings. The van der Waals surface area contributed by atoms with Crippen LogP contribution in [0.2, 0.25) is 0 Å². The second-order valence-electron chi connectivity index (χ2n) is 13.3. The molecule has 3 nitrogen and oxygen atoms in total. The van der Waals surface area contributed by atoms with Crippen LogP contribution in [-0.4, -0.2) is 9.13 Å². The Morgan fingerprint density at radius 3 is 1.73 bits per heavy atom. The number of aromatic nitrogens is 2. The molecule has 51 heavy (non-hydrogen) atoms. The molecule has 238 valence electrons. The predicted molar refractivity (Wildman–Crippen MR) is 213 cm³/mol. The molecule has 0 aliphatic rings. The molecular formula is C48H30N2O.